The van der Waals surface area contributed by atoms with Gasteiger partial charge in [-0.15, -0.1) is 0 Å². The van der Waals surface area contributed by atoms with Gasteiger partial charge in [-0.3, -0.25) is 0 Å². The van der Waals surface area contributed by atoms with E-state index in [2.05, 4.69) is 202 Å². The van der Waals surface area contributed by atoms with Crippen molar-refractivity contribution in [1.82, 2.24) is 0 Å². The minimum absolute atomic E-state index is 0.576. The SMILES string of the molecule is c1ccc(Sc2cc(N(c3ccccc3)c3cccc(N(c4ccccc4)c4cc(Sc5ccccc5)cc(N(C5CCCCC5)C5CCCCC5)c4)c3)cc(N(C3CCCCC3)C3CCCCC3)c2)cc1. The van der Waals surface area contributed by atoms with Crippen molar-refractivity contribution in [2.75, 3.05) is 19.6 Å². The summed E-state index contributed by atoms with van der Waals surface area (Å²) in [6.45, 7) is 0. The van der Waals surface area contributed by atoms with Crippen molar-refractivity contribution in [3.05, 3.63) is 182 Å². The van der Waals surface area contributed by atoms with Gasteiger partial charge in [0.1, 0.15) is 0 Å². The Morgan fingerprint density at radius 1 is 0.236 bits per heavy atom. The van der Waals surface area contributed by atoms with Gasteiger partial charge in [0.05, 0.1) is 0 Å². The van der Waals surface area contributed by atoms with Gasteiger partial charge >= 0.3 is 0 Å². The Kier molecular flexibility index (Phi) is 16.2. The predicted molar refractivity (Wildman–Crippen MR) is 309 cm³/mol. The zero-order chi connectivity index (χ0) is 48.3. The highest BCUT2D eigenvalue weighted by molar-refractivity contribution is 7.99. The fourth-order valence-electron chi connectivity index (χ4n) is 12.8. The Balaban J connectivity index is 1.06. The average molecular weight is 987 g/mol. The lowest BCUT2D eigenvalue weighted by Gasteiger charge is -2.44. The van der Waals surface area contributed by atoms with Crippen molar-refractivity contribution in [2.45, 2.75) is 172 Å². The first-order valence-electron chi connectivity index (χ1n) is 27.8. The Morgan fingerprint density at radius 2 is 0.514 bits per heavy atom. The van der Waals surface area contributed by atoms with Crippen LogP contribution in [0.1, 0.15) is 128 Å². The molecule has 0 unspecified atom stereocenters. The summed E-state index contributed by atoms with van der Waals surface area (Å²) in [7, 11) is 0. The van der Waals surface area contributed by atoms with E-state index in [-0.39, 0.29) is 0 Å². The van der Waals surface area contributed by atoms with Crippen LogP contribution in [0.15, 0.2) is 202 Å². The summed E-state index contributed by atoms with van der Waals surface area (Å²) in [5.41, 5.74) is 9.80. The summed E-state index contributed by atoms with van der Waals surface area (Å²) in [5.74, 6) is 0. The van der Waals surface area contributed by atoms with Crippen LogP contribution in [0.25, 0.3) is 0 Å². The van der Waals surface area contributed by atoms with E-state index in [0.29, 0.717) is 24.2 Å². The summed E-state index contributed by atoms with van der Waals surface area (Å²) < 4.78 is 0. The van der Waals surface area contributed by atoms with Gasteiger partial charge in [0, 0.05) is 89.2 Å². The second-order valence-electron chi connectivity index (χ2n) is 21.0. The molecule has 0 aromatic heterocycles. The molecular weight excluding hydrogens is 913 g/mol. The highest BCUT2D eigenvalue weighted by Crippen LogP contribution is 2.47. The molecule has 0 heterocycles. The normalized spacial score (nSPS) is 17.3. The topological polar surface area (TPSA) is 13.0 Å². The van der Waals surface area contributed by atoms with Gasteiger partial charge < -0.3 is 19.6 Å². The lowest BCUT2D eigenvalue weighted by molar-refractivity contribution is 0.340. The summed E-state index contributed by atoms with van der Waals surface area (Å²) in [4.78, 5) is 16.0. The van der Waals surface area contributed by atoms with E-state index in [9.17, 15) is 0 Å². The maximum absolute atomic E-state index is 2.93. The van der Waals surface area contributed by atoms with Crippen LogP contribution in [0.2, 0.25) is 0 Å². The molecule has 7 aromatic rings. The van der Waals surface area contributed by atoms with E-state index in [1.807, 2.05) is 23.5 Å². The molecule has 6 heteroatoms. The summed E-state index contributed by atoms with van der Waals surface area (Å²) >= 11 is 3.79. The summed E-state index contributed by atoms with van der Waals surface area (Å²) in [6.07, 6.45) is 26.3. The molecule has 0 aliphatic heterocycles. The number of para-hydroxylation sites is 2. The van der Waals surface area contributed by atoms with Crippen LogP contribution in [-0.4, -0.2) is 24.2 Å². The third-order valence-electron chi connectivity index (χ3n) is 16.1. The number of hydrogen-bond donors (Lipinski definition) is 0. The van der Waals surface area contributed by atoms with Crippen molar-refractivity contribution in [3.8, 4) is 0 Å². The molecule has 0 amide bonds. The van der Waals surface area contributed by atoms with E-state index in [4.69, 9.17) is 0 Å². The second-order valence-corrected chi connectivity index (χ2v) is 23.3. The van der Waals surface area contributed by atoms with Crippen LogP contribution in [0.4, 0.5) is 45.5 Å². The van der Waals surface area contributed by atoms with Crippen molar-refractivity contribution in [1.29, 1.82) is 0 Å². The first-order chi connectivity index (χ1) is 35.7. The first-order valence-corrected chi connectivity index (χ1v) is 29.5. The van der Waals surface area contributed by atoms with Gasteiger partial charge in [0.25, 0.3) is 0 Å². The summed E-state index contributed by atoms with van der Waals surface area (Å²) in [5, 5.41) is 0. The van der Waals surface area contributed by atoms with Crippen molar-refractivity contribution >= 4 is 69.0 Å². The molecule has 0 saturated heterocycles. The Bertz CT molecular complexity index is 2540. The molecule has 7 aromatic carbocycles. The number of rotatable bonds is 16. The van der Waals surface area contributed by atoms with Crippen molar-refractivity contribution < 1.29 is 0 Å². The lowest BCUT2D eigenvalue weighted by Crippen LogP contribution is -2.45. The highest BCUT2D eigenvalue weighted by Gasteiger charge is 2.32. The zero-order valence-corrected chi connectivity index (χ0v) is 44.0. The fourth-order valence-corrected chi connectivity index (χ4v) is 14.6. The molecule has 4 aliphatic rings. The van der Waals surface area contributed by atoms with Crippen LogP contribution in [0.5, 0.6) is 0 Å². The molecule has 11 rings (SSSR count). The maximum Gasteiger partial charge on any atom is 0.0493 e. The average Bonchev–Trinajstić information content (AvgIpc) is 3.44. The van der Waals surface area contributed by atoms with Gasteiger partial charge in [-0.25, -0.2) is 0 Å². The minimum atomic E-state index is 0.576. The van der Waals surface area contributed by atoms with E-state index in [1.54, 1.807) is 0 Å². The maximum atomic E-state index is 2.93. The molecule has 72 heavy (non-hydrogen) atoms. The Morgan fingerprint density at radius 3 is 0.847 bits per heavy atom. The molecule has 0 N–H and O–H groups in total. The largest absolute Gasteiger partial charge is 0.365 e. The first kappa shape index (κ1) is 48.7. The van der Waals surface area contributed by atoms with Crippen LogP contribution in [0, 0.1) is 0 Å². The second kappa shape index (κ2) is 24.0. The molecule has 0 bridgehead atoms. The fraction of sp³-hybridized carbons (Fsp3) is 0.364. The summed E-state index contributed by atoms with van der Waals surface area (Å²) in [6, 6.07) is 71.0. The van der Waals surface area contributed by atoms with E-state index >= 15 is 0 Å². The zero-order valence-electron chi connectivity index (χ0n) is 42.4. The molecule has 4 saturated carbocycles. The van der Waals surface area contributed by atoms with Crippen molar-refractivity contribution in [3.63, 3.8) is 0 Å². The minimum Gasteiger partial charge on any atom is -0.365 e. The van der Waals surface area contributed by atoms with Crippen LogP contribution in [0.3, 0.4) is 0 Å². The lowest BCUT2D eigenvalue weighted by atomic mass is 9.88. The highest BCUT2D eigenvalue weighted by atomic mass is 32.2. The van der Waals surface area contributed by atoms with E-state index in [1.165, 1.54) is 171 Å². The number of anilines is 8. The third-order valence-corrected chi connectivity index (χ3v) is 18.0. The molecule has 4 fully saturated rings. The van der Waals surface area contributed by atoms with Crippen LogP contribution >= 0.6 is 23.5 Å². The monoisotopic (exact) mass is 987 g/mol. The van der Waals surface area contributed by atoms with Crippen LogP contribution < -0.4 is 19.6 Å². The van der Waals surface area contributed by atoms with Gasteiger partial charge in [-0.05, 0) is 154 Å². The number of benzene rings is 7. The molecule has 4 aliphatic carbocycles. The third kappa shape index (κ3) is 11.8. The number of nitrogens with zero attached hydrogens (tertiary/aromatic N) is 4. The molecule has 0 radical (unpaired) electrons. The molecule has 4 nitrogen and oxygen atoms in total. The Labute approximate surface area is 440 Å². The van der Waals surface area contributed by atoms with Gasteiger partial charge in [-0.1, -0.05) is 179 Å². The quantitative estimate of drug-likeness (QED) is 0.0950. The van der Waals surface area contributed by atoms with E-state index in [0.717, 1.165) is 22.7 Å². The Hall–Kier alpha value is -5.56. The van der Waals surface area contributed by atoms with Gasteiger partial charge in [0.2, 0.25) is 0 Å². The molecule has 0 atom stereocenters. The van der Waals surface area contributed by atoms with Gasteiger partial charge in [0.15, 0.2) is 0 Å². The van der Waals surface area contributed by atoms with Crippen LogP contribution in [-0.2, 0) is 0 Å². The van der Waals surface area contributed by atoms with Gasteiger partial charge in [-0.2, -0.15) is 0 Å². The molecule has 0 spiro atoms. The smallest absolute Gasteiger partial charge is 0.0493 e. The van der Waals surface area contributed by atoms with E-state index < -0.39 is 0 Å². The standard InChI is InChI=1S/C66H74N4S2/c1-9-26-51(27-10-1)67(52-28-11-2-12-29-52)59-45-61(49-65(47-59)71-63-40-21-7-22-41-63)69(55-34-17-5-18-35-55)57-38-25-39-58(44-57)70(56-36-19-6-20-37-56)62-46-60(48-66(50-62)72-64-42-23-8-24-43-64)68(53-30-13-3-14-31-53)54-32-15-4-16-33-54/h5-8,17-25,34-54H,1-4,9-16,26-33H2. The molecular formula is C66H74N4S2. The number of hydrogen-bond acceptors (Lipinski definition) is 6. The van der Waals surface area contributed by atoms with Crippen molar-refractivity contribution in [2.24, 2.45) is 0 Å². The predicted octanol–water partition coefficient (Wildman–Crippen LogP) is 19.9. The molecule has 370 valence electrons.